The van der Waals surface area contributed by atoms with Crippen molar-refractivity contribution in [2.24, 2.45) is 0 Å². The van der Waals surface area contributed by atoms with Crippen LogP contribution in [0.25, 0.3) is 21.8 Å². The van der Waals surface area contributed by atoms with E-state index in [1.807, 2.05) is 12.1 Å². The van der Waals surface area contributed by atoms with Crippen LogP contribution in [0.4, 0.5) is 0 Å². The van der Waals surface area contributed by atoms with Crippen molar-refractivity contribution in [3.05, 3.63) is 46.7 Å². The third kappa shape index (κ3) is 2.06. The Kier molecular flexibility index (Phi) is 3.11. The maximum Gasteiger partial charge on any atom is 0.0982 e. The van der Waals surface area contributed by atoms with Gasteiger partial charge in [-0.25, -0.2) is 0 Å². The normalized spacial score (nSPS) is 11.3. The molecule has 0 aliphatic carbocycles. The standard InChI is InChI=1S/C16H15ClN2/c1-3-11-7-5-10-6-8-13-14(17)9-12(4-2)19-16(13)15(10)18-11/h5-9H,3-4H2,1-2H3. The Balaban J connectivity index is 2.45. The molecule has 0 radical (unpaired) electrons. The Morgan fingerprint density at radius 3 is 2.32 bits per heavy atom. The number of hydrogen-bond acceptors (Lipinski definition) is 2. The number of aryl methyl sites for hydroxylation is 2. The molecular weight excluding hydrogens is 256 g/mol. The summed E-state index contributed by atoms with van der Waals surface area (Å²) in [6.45, 7) is 4.19. The predicted octanol–water partition coefficient (Wildman–Crippen LogP) is 4.56. The number of halogens is 1. The van der Waals surface area contributed by atoms with Gasteiger partial charge < -0.3 is 0 Å². The van der Waals surface area contributed by atoms with E-state index < -0.39 is 0 Å². The number of benzene rings is 1. The lowest BCUT2D eigenvalue weighted by Gasteiger charge is -2.07. The Labute approximate surface area is 117 Å². The van der Waals surface area contributed by atoms with Gasteiger partial charge in [-0.15, -0.1) is 0 Å². The molecule has 0 amide bonds. The summed E-state index contributed by atoms with van der Waals surface area (Å²) >= 11 is 6.35. The molecule has 0 aliphatic heterocycles. The van der Waals surface area contributed by atoms with Crippen molar-refractivity contribution >= 4 is 33.4 Å². The molecule has 0 bridgehead atoms. The fraction of sp³-hybridized carbons (Fsp3) is 0.250. The van der Waals surface area contributed by atoms with E-state index in [-0.39, 0.29) is 0 Å². The van der Waals surface area contributed by atoms with E-state index in [2.05, 4.69) is 32.0 Å². The highest BCUT2D eigenvalue weighted by Crippen LogP contribution is 2.28. The van der Waals surface area contributed by atoms with Crippen LogP contribution >= 0.6 is 11.6 Å². The van der Waals surface area contributed by atoms with E-state index in [9.17, 15) is 0 Å². The average molecular weight is 271 g/mol. The molecule has 96 valence electrons. The molecule has 3 rings (SSSR count). The highest BCUT2D eigenvalue weighted by atomic mass is 35.5. The zero-order valence-electron chi connectivity index (χ0n) is 11.1. The van der Waals surface area contributed by atoms with E-state index in [4.69, 9.17) is 21.6 Å². The van der Waals surface area contributed by atoms with Crippen LogP contribution in [-0.4, -0.2) is 9.97 Å². The molecule has 3 aromatic rings. The molecule has 2 aromatic heterocycles. The monoisotopic (exact) mass is 270 g/mol. The number of aromatic nitrogens is 2. The zero-order valence-corrected chi connectivity index (χ0v) is 11.8. The molecule has 2 heterocycles. The van der Waals surface area contributed by atoms with Crippen LogP contribution in [0.1, 0.15) is 25.2 Å². The van der Waals surface area contributed by atoms with Gasteiger partial charge in [-0.1, -0.05) is 43.6 Å². The van der Waals surface area contributed by atoms with Gasteiger partial charge in [0.05, 0.1) is 16.1 Å². The first-order chi connectivity index (χ1) is 9.22. The van der Waals surface area contributed by atoms with Crippen LogP contribution in [0.2, 0.25) is 5.02 Å². The molecule has 0 unspecified atom stereocenters. The average Bonchev–Trinajstić information content (AvgIpc) is 2.46. The molecule has 0 fully saturated rings. The van der Waals surface area contributed by atoms with Crippen LogP contribution in [-0.2, 0) is 12.8 Å². The van der Waals surface area contributed by atoms with E-state index in [1.54, 1.807) is 0 Å². The first-order valence-electron chi connectivity index (χ1n) is 6.60. The van der Waals surface area contributed by atoms with E-state index in [0.29, 0.717) is 0 Å². The Bertz CT molecular complexity index is 765. The molecule has 0 N–H and O–H groups in total. The molecule has 0 atom stereocenters. The lowest BCUT2D eigenvalue weighted by atomic mass is 10.1. The lowest BCUT2D eigenvalue weighted by Crippen LogP contribution is -1.93. The van der Waals surface area contributed by atoms with Crippen molar-refractivity contribution in [1.29, 1.82) is 0 Å². The molecular formula is C16H15ClN2. The van der Waals surface area contributed by atoms with E-state index in [1.165, 1.54) is 0 Å². The Morgan fingerprint density at radius 1 is 0.895 bits per heavy atom. The Morgan fingerprint density at radius 2 is 1.58 bits per heavy atom. The van der Waals surface area contributed by atoms with Gasteiger partial charge in [0.15, 0.2) is 0 Å². The summed E-state index contributed by atoms with van der Waals surface area (Å²) in [5, 5.41) is 2.85. The third-order valence-electron chi connectivity index (χ3n) is 3.42. The van der Waals surface area contributed by atoms with E-state index in [0.717, 1.165) is 51.1 Å². The maximum absolute atomic E-state index is 6.35. The Hall–Kier alpha value is -1.67. The second kappa shape index (κ2) is 4.78. The molecule has 2 nitrogen and oxygen atoms in total. The number of pyridine rings is 2. The molecule has 0 spiro atoms. The number of hydrogen-bond donors (Lipinski definition) is 0. The summed E-state index contributed by atoms with van der Waals surface area (Å²) in [5.41, 5.74) is 3.96. The van der Waals surface area contributed by atoms with Gasteiger partial charge in [0.25, 0.3) is 0 Å². The second-order valence-corrected chi connectivity index (χ2v) is 5.05. The summed E-state index contributed by atoms with van der Waals surface area (Å²) in [6.07, 6.45) is 1.80. The van der Waals surface area contributed by atoms with Gasteiger partial charge in [0, 0.05) is 22.2 Å². The molecule has 0 saturated carbocycles. The van der Waals surface area contributed by atoms with Gasteiger partial charge in [-0.05, 0) is 25.0 Å². The van der Waals surface area contributed by atoms with E-state index >= 15 is 0 Å². The molecule has 0 saturated heterocycles. The van der Waals surface area contributed by atoms with Crippen molar-refractivity contribution in [3.63, 3.8) is 0 Å². The van der Waals surface area contributed by atoms with Crippen LogP contribution < -0.4 is 0 Å². The summed E-state index contributed by atoms with van der Waals surface area (Å²) in [5.74, 6) is 0. The summed E-state index contributed by atoms with van der Waals surface area (Å²) in [7, 11) is 0. The van der Waals surface area contributed by atoms with Crippen LogP contribution in [0.5, 0.6) is 0 Å². The maximum atomic E-state index is 6.35. The smallest absolute Gasteiger partial charge is 0.0982 e. The zero-order chi connectivity index (χ0) is 13.4. The quantitative estimate of drug-likeness (QED) is 0.638. The first-order valence-corrected chi connectivity index (χ1v) is 6.98. The highest BCUT2D eigenvalue weighted by molar-refractivity contribution is 6.36. The number of fused-ring (bicyclic) bond motifs is 3. The van der Waals surface area contributed by atoms with Crippen LogP contribution in [0, 0.1) is 0 Å². The number of rotatable bonds is 2. The fourth-order valence-electron chi connectivity index (χ4n) is 2.30. The van der Waals surface area contributed by atoms with Crippen molar-refractivity contribution in [3.8, 4) is 0 Å². The van der Waals surface area contributed by atoms with Gasteiger partial charge >= 0.3 is 0 Å². The van der Waals surface area contributed by atoms with Gasteiger partial charge in [0.2, 0.25) is 0 Å². The predicted molar refractivity (Wildman–Crippen MR) is 80.8 cm³/mol. The lowest BCUT2D eigenvalue weighted by molar-refractivity contribution is 1.05. The van der Waals surface area contributed by atoms with Crippen LogP contribution in [0.3, 0.4) is 0 Å². The molecule has 1 aromatic carbocycles. The van der Waals surface area contributed by atoms with Crippen molar-refractivity contribution < 1.29 is 0 Å². The first kappa shape index (κ1) is 12.4. The van der Waals surface area contributed by atoms with Crippen molar-refractivity contribution in [2.45, 2.75) is 26.7 Å². The van der Waals surface area contributed by atoms with Crippen molar-refractivity contribution in [2.75, 3.05) is 0 Å². The summed E-state index contributed by atoms with van der Waals surface area (Å²) in [4.78, 5) is 9.43. The van der Waals surface area contributed by atoms with Gasteiger partial charge in [0.1, 0.15) is 0 Å². The largest absolute Gasteiger partial charge is 0.251 e. The minimum atomic E-state index is 0.757. The molecule has 19 heavy (non-hydrogen) atoms. The third-order valence-corrected chi connectivity index (χ3v) is 3.74. The fourth-order valence-corrected chi connectivity index (χ4v) is 2.58. The minimum Gasteiger partial charge on any atom is -0.251 e. The topological polar surface area (TPSA) is 25.8 Å². The van der Waals surface area contributed by atoms with Crippen LogP contribution in [0.15, 0.2) is 30.3 Å². The van der Waals surface area contributed by atoms with Gasteiger partial charge in [-0.3, -0.25) is 9.97 Å². The molecule has 0 aliphatic rings. The summed E-state index contributed by atoms with van der Waals surface area (Å²) < 4.78 is 0. The highest BCUT2D eigenvalue weighted by Gasteiger charge is 2.08. The summed E-state index contributed by atoms with van der Waals surface area (Å²) in [6, 6.07) is 10.2. The minimum absolute atomic E-state index is 0.757. The number of nitrogens with zero attached hydrogens (tertiary/aromatic N) is 2. The van der Waals surface area contributed by atoms with Crippen molar-refractivity contribution in [1.82, 2.24) is 9.97 Å². The SMILES string of the molecule is CCc1ccc2ccc3c(Cl)cc(CC)nc3c2n1. The second-order valence-electron chi connectivity index (χ2n) is 4.64. The van der Waals surface area contributed by atoms with Gasteiger partial charge in [-0.2, -0.15) is 0 Å². The molecule has 3 heteroatoms.